The lowest BCUT2D eigenvalue weighted by Gasteiger charge is -2.30. The summed E-state index contributed by atoms with van der Waals surface area (Å²) >= 11 is 0. The maximum atomic E-state index is 11.0. The van der Waals surface area contributed by atoms with Crippen molar-refractivity contribution in [1.29, 1.82) is 0 Å². The highest BCUT2D eigenvalue weighted by Crippen LogP contribution is 2.24. The summed E-state index contributed by atoms with van der Waals surface area (Å²) in [5, 5.41) is 11.0. The molecule has 0 spiro atoms. The number of nitro groups is 1. The van der Waals surface area contributed by atoms with E-state index in [1.165, 1.54) is 0 Å². The van der Waals surface area contributed by atoms with Gasteiger partial charge in [-0.15, -0.1) is 0 Å². The van der Waals surface area contributed by atoms with E-state index in [9.17, 15) is 10.1 Å². The van der Waals surface area contributed by atoms with E-state index in [1.54, 1.807) is 19.2 Å². The van der Waals surface area contributed by atoms with Crippen molar-refractivity contribution in [2.75, 3.05) is 26.0 Å². The minimum atomic E-state index is -0.435. The Bertz CT molecular complexity index is 461. The summed E-state index contributed by atoms with van der Waals surface area (Å²) in [6, 6.07) is 5.47. The molecule has 1 aromatic carbocycles. The van der Waals surface area contributed by atoms with Crippen molar-refractivity contribution in [2.24, 2.45) is 0 Å². The molecule has 2 N–H and O–H groups in total. The third kappa shape index (κ3) is 4.99. The summed E-state index contributed by atoms with van der Waals surface area (Å²) in [4.78, 5) is 12.8. The van der Waals surface area contributed by atoms with Crippen molar-refractivity contribution in [3.63, 3.8) is 0 Å². The van der Waals surface area contributed by atoms with Gasteiger partial charge < -0.3 is 10.5 Å². The molecule has 0 saturated heterocycles. The number of ether oxygens (including phenoxy) is 1. The number of methoxy groups -OCH3 is 1. The molecule has 6 heteroatoms. The fraction of sp³-hybridized carbons (Fsp3) is 0.600. The van der Waals surface area contributed by atoms with E-state index >= 15 is 0 Å². The Labute approximate surface area is 126 Å². The molecule has 0 saturated carbocycles. The second kappa shape index (κ2) is 8.59. The maximum Gasteiger partial charge on any atom is 0.292 e. The molecule has 0 fully saturated rings. The zero-order valence-electron chi connectivity index (χ0n) is 13.0. The molecule has 0 aliphatic carbocycles. The molecule has 0 unspecified atom stereocenters. The summed E-state index contributed by atoms with van der Waals surface area (Å²) in [6.45, 7) is 6.42. The van der Waals surface area contributed by atoms with Crippen LogP contribution in [0, 0.1) is 10.1 Å². The minimum absolute atomic E-state index is 0.0243. The SMILES string of the molecule is CCC(CC)N(CCOC)Cc1ccc(N)c([N+](=O)[O-])c1. The highest BCUT2D eigenvalue weighted by atomic mass is 16.6. The van der Waals surface area contributed by atoms with Crippen molar-refractivity contribution >= 4 is 11.4 Å². The average Bonchev–Trinajstić information content (AvgIpc) is 2.47. The topological polar surface area (TPSA) is 81.6 Å². The lowest BCUT2D eigenvalue weighted by Crippen LogP contribution is -2.36. The van der Waals surface area contributed by atoms with Gasteiger partial charge in [-0.3, -0.25) is 15.0 Å². The molecule has 0 aliphatic heterocycles. The van der Waals surface area contributed by atoms with Crippen LogP contribution in [0.2, 0.25) is 0 Å². The molecular formula is C15H25N3O3. The molecule has 0 amide bonds. The van der Waals surface area contributed by atoms with Crippen LogP contribution in [0.25, 0.3) is 0 Å². The Kier molecular flexibility index (Phi) is 7.11. The van der Waals surface area contributed by atoms with Gasteiger partial charge in [0.2, 0.25) is 0 Å². The maximum absolute atomic E-state index is 11.0. The zero-order chi connectivity index (χ0) is 15.8. The number of nitro benzene ring substituents is 1. The van der Waals surface area contributed by atoms with Crippen molar-refractivity contribution in [3.8, 4) is 0 Å². The van der Waals surface area contributed by atoms with Crippen LogP contribution in [0.3, 0.4) is 0 Å². The largest absolute Gasteiger partial charge is 0.393 e. The monoisotopic (exact) mass is 295 g/mol. The highest BCUT2D eigenvalue weighted by Gasteiger charge is 2.18. The first-order valence-electron chi connectivity index (χ1n) is 7.29. The Morgan fingerprint density at radius 1 is 1.38 bits per heavy atom. The fourth-order valence-electron chi connectivity index (χ4n) is 2.48. The number of nitrogens with zero attached hydrogens (tertiary/aromatic N) is 2. The Hall–Kier alpha value is -1.66. The van der Waals surface area contributed by atoms with Crippen molar-refractivity contribution in [1.82, 2.24) is 4.90 Å². The molecule has 0 bridgehead atoms. The van der Waals surface area contributed by atoms with E-state index in [0.29, 0.717) is 19.2 Å². The molecule has 0 aliphatic rings. The van der Waals surface area contributed by atoms with E-state index in [4.69, 9.17) is 10.5 Å². The summed E-state index contributed by atoms with van der Waals surface area (Å²) in [7, 11) is 1.68. The van der Waals surface area contributed by atoms with Gasteiger partial charge in [0.1, 0.15) is 5.69 Å². The lowest BCUT2D eigenvalue weighted by molar-refractivity contribution is -0.384. The van der Waals surface area contributed by atoms with Crippen molar-refractivity contribution in [2.45, 2.75) is 39.3 Å². The second-order valence-electron chi connectivity index (χ2n) is 5.08. The molecular weight excluding hydrogens is 270 g/mol. The minimum Gasteiger partial charge on any atom is -0.393 e. The van der Waals surface area contributed by atoms with Crippen LogP contribution in [0.15, 0.2) is 18.2 Å². The van der Waals surface area contributed by atoms with Gasteiger partial charge in [0.15, 0.2) is 0 Å². The van der Waals surface area contributed by atoms with Crippen LogP contribution < -0.4 is 5.73 Å². The van der Waals surface area contributed by atoms with Gasteiger partial charge in [0.05, 0.1) is 11.5 Å². The van der Waals surface area contributed by atoms with E-state index in [1.807, 2.05) is 6.07 Å². The Morgan fingerprint density at radius 3 is 2.57 bits per heavy atom. The average molecular weight is 295 g/mol. The van der Waals surface area contributed by atoms with Gasteiger partial charge in [-0.25, -0.2) is 0 Å². The van der Waals surface area contributed by atoms with Crippen molar-refractivity contribution in [3.05, 3.63) is 33.9 Å². The number of hydrogen-bond acceptors (Lipinski definition) is 5. The smallest absolute Gasteiger partial charge is 0.292 e. The number of benzene rings is 1. The molecule has 6 nitrogen and oxygen atoms in total. The molecule has 0 radical (unpaired) electrons. The first-order chi connectivity index (χ1) is 10.0. The first-order valence-corrected chi connectivity index (χ1v) is 7.29. The van der Waals surface area contributed by atoms with Crippen LogP contribution >= 0.6 is 0 Å². The summed E-state index contributed by atoms with van der Waals surface area (Å²) in [6.07, 6.45) is 2.08. The fourth-order valence-corrected chi connectivity index (χ4v) is 2.48. The van der Waals surface area contributed by atoms with Gasteiger partial charge in [-0.1, -0.05) is 19.9 Å². The van der Waals surface area contributed by atoms with E-state index in [0.717, 1.165) is 24.9 Å². The van der Waals surface area contributed by atoms with E-state index < -0.39 is 4.92 Å². The van der Waals surface area contributed by atoms with Crippen LogP contribution in [0.1, 0.15) is 32.3 Å². The van der Waals surface area contributed by atoms with Gasteiger partial charge in [-0.05, 0) is 24.5 Å². The first kappa shape index (κ1) is 17.4. The Balaban J connectivity index is 2.91. The standard InChI is InChI=1S/C15H25N3O3/c1-4-13(5-2)17(8-9-21-3)11-12-6-7-14(16)15(10-12)18(19)20/h6-7,10,13H,4-5,8-9,11,16H2,1-3H3. The molecule has 0 heterocycles. The molecule has 21 heavy (non-hydrogen) atoms. The number of nitrogens with two attached hydrogens (primary N) is 1. The zero-order valence-corrected chi connectivity index (χ0v) is 13.0. The van der Waals surface area contributed by atoms with Crippen LogP contribution in [0.4, 0.5) is 11.4 Å². The van der Waals surface area contributed by atoms with Crippen LogP contribution in [-0.2, 0) is 11.3 Å². The highest BCUT2D eigenvalue weighted by molar-refractivity contribution is 5.59. The summed E-state index contributed by atoms with van der Waals surface area (Å²) in [5.74, 6) is 0. The number of rotatable bonds is 9. The second-order valence-corrected chi connectivity index (χ2v) is 5.08. The van der Waals surface area contributed by atoms with Crippen LogP contribution in [-0.4, -0.2) is 36.1 Å². The third-order valence-electron chi connectivity index (χ3n) is 3.72. The third-order valence-corrected chi connectivity index (χ3v) is 3.72. The van der Waals surface area contributed by atoms with Crippen LogP contribution in [0.5, 0.6) is 0 Å². The number of hydrogen-bond donors (Lipinski definition) is 1. The van der Waals surface area contributed by atoms with E-state index in [-0.39, 0.29) is 11.4 Å². The van der Waals surface area contributed by atoms with E-state index in [2.05, 4.69) is 18.7 Å². The molecule has 0 atom stereocenters. The molecule has 0 aromatic heterocycles. The number of nitrogen functional groups attached to an aromatic ring is 1. The summed E-state index contributed by atoms with van der Waals surface area (Å²) < 4.78 is 5.16. The summed E-state index contributed by atoms with van der Waals surface area (Å²) in [5.41, 5.74) is 6.72. The van der Waals surface area contributed by atoms with Crippen molar-refractivity contribution < 1.29 is 9.66 Å². The molecule has 118 valence electrons. The van der Waals surface area contributed by atoms with Gasteiger partial charge in [-0.2, -0.15) is 0 Å². The lowest BCUT2D eigenvalue weighted by atomic mass is 10.1. The predicted octanol–water partition coefficient (Wildman–Crippen LogP) is 2.81. The van der Waals surface area contributed by atoms with Gasteiger partial charge >= 0.3 is 0 Å². The quantitative estimate of drug-likeness (QED) is 0.430. The van der Waals surface area contributed by atoms with Gasteiger partial charge in [0, 0.05) is 32.3 Å². The molecule has 1 rings (SSSR count). The normalized spacial score (nSPS) is 11.3. The predicted molar refractivity (Wildman–Crippen MR) is 84.2 cm³/mol. The van der Waals surface area contributed by atoms with Gasteiger partial charge in [0.25, 0.3) is 5.69 Å². The molecule has 1 aromatic rings. The number of anilines is 1. The Morgan fingerprint density at radius 2 is 2.05 bits per heavy atom.